The van der Waals surface area contributed by atoms with Crippen LogP contribution in [0.3, 0.4) is 0 Å². The Morgan fingerprint density at radius 1 is 1.47 bits per heavy atom. The predicted octanol–water partition coefficient (Wildman–Crippen LogP) is 4.16. The maximum atomic E-state index is 6.20. The van der Waals surface area contributed by atoms with Crippen molar-refractivity contribution in [3.63, 3.8) is 0 Å². The molecule has 0 radical (unpaired) electrons. The van der Waals surface area contributed by atoms with E-state index in [0.29, 0.717) is 19.6 Å². The molecule has 1 aliphatic rings. The molecule has 0 spiro atoms. The van der Waals surface area contributed by atoms with Crippen LogP contribution in [0.4, 0.5) is 0 Å². The monoisotopic (exact) mass is 384 g/mol. The molecule has 1 rings (SSSR count). The molecule has 1 atom stereocenters. The molecule has 0 saturated carbocycles. The molecule has 0 unspecified atom stereocenters. The summed E-state index contributed by atoms with van der Waals surface area (Å²) in [6, 6.07) is 0. The van der Waals surface area contributed by atoms with Gasteiger partial charge in [-0.15, -0.1) is 11.6 Å². The van der Waals surface area contributed by atoms with Crippen molar-refractivity contribution >= 4 is 43.5 Å². The largest absolute Gasteiger partial charge is 0.340 e. The molecule has 1 aliphatic heterocycles. The number of allylic oxidation sites excluding steroid dienone is 1. The minimum Gasteiger partial charge on any atom is -0.340 e. The minimum atomic E-state index is -0.789. The van der Waals surface area contributed by atoms with Crippen LogP contribution in [0.1, 0.15) is 25.7 Å². The maximum absolute atomic E-state index is 6.20. The van der Waals surface area contributed by atoms with Gasteiger partial charge in [-0.1, -0.05) is 22.5 Å². The molecule has 1 heterocycles. The van der Waals surface area contributed by atoms with Gasteiger partial charge in [0.15, 0.2) is 0 Å². The molecule has 0 N–H and O–H groups in total. The summed E-state index contributed by atoms with van der Waals surface area (Å²) in [6.45, 7) is 5.14. The molecule has 96 valence electrons. The van der Waals surface area contributed by atoms with E-state index in [4.69, 9.17) is 21.1 Å². The maximum Gasteiger partial charge on any atom is 0.234 e. The molecule has 0 bridgehead atoms. The lowest BCUT2D eigenvalue weighted by Crippen LogP contribution is -2.39. The lowest BCUT2D eigenvalue weighted by molar-refractivity contribution is -0.233. The lowest BCUT2D eigenvalue weighted by Gasteiger charge is -2.33. The standard InChI is InChI=1S/C12H15Br2ClO2/c1-10(14)9-11(15)3-4-12(5-6-13)16-7-2-8-17-12/h11H,1-4,7-9H2/t11-/m1/s1. The normalized spacial score (nSPS) is 20.2. The Balaban J connectivity index is 2.48. The minimum absolute atomic E-state index is 0.0185. The van der Waals surface area contributed by atoms with Gasteiger partial charge >= 0.3 is 0 Å². The number of alkyl halides is 1. The van der Waals surface area contributed by atoms with E-state index in [2.05, 4.69) is 49.2 Å². The van der Waals surface area contributed by atoms with Crippen molar-refractivity contribution in [3.05, 3.63) is 11.1 Å². The van der Waals surface area contributed by atoms with Gasteiger partial charge in [-0.25, -0.2) is 0 Å². The summed E-state index contributed by atoms with van der Waals surface area (Å²) in [6.07, 6.45) is 3.08. The first-order chi connectivity index (χ1) is 8.08. The summed E-state index contributed by atoms with van der Waals surface area (Å²) in [5.74, 6) is 2.15. The Labute approximate surface area is 124 Å². The molecule has 0 aromatic heterocycles. The van der Waals surface area contributed by atoms with Crippen LogP contribution in [0.15, 0.2) is 11.1 Å². The average molecular weight is 387 g/mol. The van der Waals surface area contributed by atoms with Gasteiger partial charge in [0, 0.05) is 27.7 Å². The molecule has 1 saturated heterocycles. The number of halogens is 3. The van der Waals surface area contributed by atoms with Gasteiger partial charge in [-0.3, -0.25) is 0 Å². The second-order valence-corrected chi connectivity index (χ2v) is 6.02. The molecule has 5 heteroatoms. The van der Waals surface area contributed by atoms with Crippen LogP contribution in [0.2, 0.25) is 0 Å². The molecule has 0 aliphatic carbocycles. The van der Waals surface area contributed by atoms with E-state index in [1.165, 1.54) is 0 Å². The molecular weight excluding hydrogens is 371 g/mol. The van der Waals surface area contributed by atoms with Crippen molar-refractivity contribution in [2.75, 3.05) is 13.2 Å². The van der Waals surface area contributed by atoms with Gasteiger partial charge in [0.05, 0.1) is 13.2 Å². The predicted molar refractivity (Wildman–Crippen MR) is 77.5 cm³/mol. The Bertz CT molecular complexity index is 316. The second-order valence-electron chi connectivity index (χ2n) is 3.88. The number of hydrogen-bond acceptors (Lipinski definition) is 2. The topological polar surface area (TPSA) is 18.5 Å². The smallest absolute Gasteiger partial charge is 0.234 e. The molecule has 1 fully saturated rings. The van der Waals surface area contributed by atoms with Gasteiger partial charge in [-0.05, 0) is 34.5 Å². The Morgan fingerprint density at radius 3 is 2.65 bits per heavy atom. The molecule has 17 heavy (non-hydrogen) atoms. The highest BCUT2D eigenvalue weighted by atomic mass is 79.9. The fourth-order valence-electron chi connectivity index (χ4n) is 1.61. The summed E-state index contributed by atoms with van der Waals surface area (Å²) in [5.41, 5.74) is 0. The zero-order chi connectivity index (χ0) is 12.7. The molecule has 0 aromatic carbocycles. The van der Waals surface area contributed by atoms with Crippen LogP contribution in [-0.4, -0.2) is 24.4 Å². The molecule has 0 aromatic rings. The van der Waals surface area contributed by atoms with Crippen LogP contribution in [0.5, 0.6) is 0 Å². The van der Waals surface area contributed by atoms with Crippen LogP contribution in [0, 0.1) is 10.8 Å². The van der Waals surface area contributed by atoms with Crippen molar-refractivity contribution in [2.24, 2.45) is 0 Å². The third-order valence-electron chi connectivity index (χ3n) is 2.43. The number of ether oxygens (including phenoxy) is 2. The Hall–Kier alpha value is 0.470. The molecular formula is C12H15Br2ClO2. The van der Waals surface area contributed by atoms with Crippen molar-refractivity contribution in [1.82, 2.24) is 0 Å². The first-order valence-electron chi connectivity index (χ1n) is 5.46. The SMILES string of the molecule is C=C(Br)C[C@H](Cl)CCC1(C#CBr)OCCCO1. The molecule has 2 nitrogen and oxygen atoms in total. The van der Waals surface area contributed by atoms with Crippen LogP contribution >= 0.6 is 43.5 Å². The highest BCUT2D eigenvalue weighted by molar-refractivity contribution is 9.12. The van der Waals surface area contributed by atoms with Crippen LogP contribution < -0.4 is 0 Å². The van der Waals surface area contributed by atoms with Crippen molar-refractivity contribution in [3.8, 4) is 10.8 Å². The quantitative estimate of drug-likeness (QED) is 0.522. The second kappa shape index (κ2) is 7.81. The Kier molecular flexibility index (Phi) is 7.13. The van der Waals surface area contributed by atoms with E-state index in [-0.39, 0.29) is 5.38 Å². The van der Waals surface area contributed by atoms with Crippen molar-refractivity contribution in [2.45, 2.75) is 36.8 Å². The van der Waals surface area contributed by atoms with E-state index in [9.17, 15) is 0 Å². The number of hydrogen-bond donors (Lipinski definition) is 0. The van der Waals surface area contributed by atoms with E-state index < -0.39 is 5.79 Å². The summed E-state index contributed by atoms with van der Waals surface area (Å²) in [4.78, 5) is 2.69. The van der Waals surface area contributed by atoms with E-state index in [1.54, 1.807) is 0 Å². The van der Waals surface area contributed by atoms with Crippen LogP contribution in [0.25, 0.3) is 0 Å². The van der Waals surface area contributed by atoms with E-state index >= 15 is 0 Å². The van der Waals surface area contributed by atoms with Gasteiger partial charge < -0.3 is 9.47 Å². The third kappa shape index (κ3) is 5.76. The zero-order valence-corrected chi connectivity index (χ0v) is 13.4. The third-order valence-corrected chi connectivity index (χ3v) is 3.32. The van der Waals surface area contributed by atoms with E-state index in [0.717, 1.165) is 23.7 Å². The fourth-order valence-corrected chi connectivity index (χ4v) is 2.79. The summed E-state index contributed by atoms with van der Waals surface area (Å²) < 4.78 is 12.2. The summed E-state index contributed by atoms with van der Waals surface area (Å²) >= 11 is 12.6. The van der Waals surface area contributed by atoms with Gasteiger partial charge in [0.2, 0.25) is 5.79 Å². The fraction of sp³-hybridized carbons (Fsp3) is 0.667. The highest BCUT2D eigenvalue weighted by Crippen LogP contribution is 2.28. The summed E-state index contributed by atoms with van der Waals surface area (Å²) in [5, 5.41) is 0.0185. The lowest BCUT2D eigenvalue weighted by atomic mass is 10.1. The summed E-state index contributed by atoms with van der Waals surface area (Å²) in [7, 11) is 0. The van der Waals surface area contributed by atoms with E-state index in [1.807, 2.05) is 0 Å². The average Bonchev–Trinajstić information content (AvgIpc) is 2.27. The first-order valence-corrected chi connectivity index (χ1v) is 7.48. The highest BCUT2D eigenvalue weighted by Gasteiger charge is 2.33. The van der Waals surface area contributed by atoms with Gasteiger partial charge in [-0.2, -0.15) is 0 Å². The van der Waals surface area contributed by atoms with Crippen LogP contribution in [-0.2, 0) is 9.47 Å². The first kappa shape index (κ1) is 15.5. The van der Waals surface area contributed by atoms with Crippen molar-refractivity contribution < 1.29 is 9.47 Å². The zero-order valence-electron chi connectivity index (χ0n) is 9.48. The molecule has 0 amide bonds. The van der Waals surface area contributed by atoms with Crippen molar-refractivity contribution in [1.29, 1.82) is 0 Å². The number of rotatable bonds is 5. The van der Waals surface area contributed by atoms with Gasteiger partial charge in [0.1, 0.15) is 0 Å². The Morgan fingerprint density at radius 2 is 2.12 bits per heavy atom. The van der Waals surface area contributed by atoms with Gasteiger partial charge in [0.25, 0.3) is 0 Å².